The largest absolute Gasteiger partial charge is 0.353 e. The Bertz CT molecular complexity index is 162. The van der Waals surface area contributed by atoms with Crippen molar-refractivity contribution in [2.24, 2.45) is 0 Å². The fourth-order valence-corrected chi connectivity index (χ4v) is 1.41. The summed E-state index contributed by atoms with van der Waals surface area (Å²) in [6.07, 6.45) is 3.23. The van der Waals surface area contributed by atoms with Gasteiger partial charge in [-0.05, 0) is 26.2 Å². The van der Waals surface area contributed by atoms with Crippen LogP contribution >= 0.6 is 0 Å². The molecule has 1 rings (SSSR count). The van der Waals surface area contributed by atoms with Gasteiger partial charge in [-0.2, -0.15) is 0 Å². The number of rotatable bonds is 4. The second-order valence-corrected chi connectivity index (χ2v) is 3.39. The van der Waals surface area contributed by atoms with E-state index in [0.717, 1.165) is 25.9 Å². The predicted octanol–water partition coefficient (Wildman–Crippen LogP) is 1.90. The Balaban J connectivity index is 2.25. The number of Topliss-reactive ketones (excluding diaryl/α,β-unsaturated/α-hetero) is 1. The normalized spacial score (nSPS) is 25.5. The minimum atomic E-state index is -0.312. The third-order valence-electron chi connectivity index (χ3n) is 2.30. The van der Waals surface area contributed by atoms with E-state index in [4.69, 9.17) is 9.47 Å². The molecular weight excluding hydrogens is 168 g/mol. The molecule has 13 heavy (non-hydrogen) atoms. The van der Waals surface area contributed by atoms with Gasteiger partial charge in [-0.1, -0.05) is 6.92 Å². The maximum absolute atomic E-state index is 11.2. The van der Waals surface area contributed by atoms with Gasteiger partial charge < -0.3 is 9.47 Å². The van der Waals surface area contributed by atoms with Crippen molar-refractivity contribution in [3.05, 3.63) is 0 Å². The quantitative estimate of drug-likeness (QED) is 0.672. The fourth-order valence-electron chi connectivity index (χ4n) is 1.41. The lowest BCUT2D eigenvalue weighted by molar-refractivity contribution is -0.188. The smallest absolute Gasteiger partial charge is 0.161 e. The van der Waals surface area contributed by atoms with E-state index in [1.807, 2.05) is 6.92 Å². The van der Waals surface area contributed by atoms with E-state index in [9.17, 15) is 4.79 Å². The molecule has 3 nitrogen and oxygen atoms in total. The second kappa shape index (κ2) is 5.35. The van der Waals surface area contributed by atoms with Crippen LogP contribution in [0.3, 0.4) is 0 Å². The lowest BCUT2D eigenvalue weighted by atomic mass is 10.2. The molecule has 0 saturated carbocycles. The molecule has 0 radical (unpaired) electrons. The summed E-state index contributed by atoms with van der Waals surface area (Å²) in [7, 11) is 0. The highest BCUT2D eigenvalue weighted by Crippen LogP contribution is 2.15. The van der Waals surface area contributed by atoms with Crippen LogP contribution in [-0.4, -0.2) is 24.8 Å². The van der Waals surface area contributed by atoms with Crippen LogP contribution < -0.4 is 0 Å². The van der Waals surface area contributed by atoms with Gasteiger partial charge in [-0.3, -0.25) is 4.79 Å². The van der Waals surface area contributed by atoms with Gasteiger partial charge in [-0.25, -0.2) is 0 Å². The van der Waals surface area contributed by atoms with Gasteiger partial charge in [0.2, 0.25) is 0 Å². The Morgan fingerprint density at radius 1 is 1.62 bits per heavy atom. The first-order valence-corrected chi connectivity index (χ1v) is 5.03. The zero-order valence-electron chi connectivity index (χ0n) is 8.41. The molecule has 0 amide bonds. The second-order valence-electron chi connectivity index (χ2n) is 3.39. The maximum atomic E-state index is 11.2. The molecule has 0 N–H and O–H groups in total. The summed E-state index contributed by atoms with van der Waals surface area (Å²) in [5.74, 6) is 0.147. The van der Waals surface area contributed by atoms with Gasteiger partial charge in [-0.15, -0.1) is 0 Å². The van der Waals surface area contributed by atoms with E-state index < -0.39 is 0 Å². The summed E-state index contributed by atoms with van der Waals surface area (Å²) in [6, 6.07) is 0. The molecular formula is C10H18O3. The lowest BCUT2D eigenvalue weighted by Crippen LogP contribution is -2.30. The Morgan fingerprint density at radius 3 is 2.92 bits per heavy atom. The van der Waals surface area contributed by atoms with Crippen LogP contribution in [0.15, 0.2) is 0 Å². The van der Waals surface area contributed by atoms with E-state index in [0.29, 0.717) is 6.42 Å². The molecule has 1 saturated heterocycles. The first-order chi connectivity index (χ1) is 6.24. The first-order valence-electron chi connectivity index (χ1n) is 5.03. The van der Waals surface area contributed by atoms with Crippen LogP contribution in [0.25, 0.3) is 0 Å². The summed E-state index contributed by atoms with van der Waals surface area (Å²) < 4.78 is 10.8. The summed E-state index contributed by atoms with van der Waals surface area (Å²) in [5, 5.41) is 0. The first kappa shape index (κ1) is 10.7. The third kappa shape index (κ3) is 3.44. The van der Waals surface area contributed by atoms with Crippen molar-refractivity contribution >= 4 is 5.78 Å². The molecule has 0 bridgehead atoms. The topological polar surface area (TPSA) is 35.5 Å². The molecule has 0 aromatic heterocycles. The molecule has 3 heteroatoms. The average molecular weight is 186 g/mol. The van der Waals surface area contributed by atoms with Crippen LogP contribution in [0.4, 0.5) is 0 Å². The highest BCUT2D eigenvalue weighted by atomic mass is 16.7. The third-order valence-corrected chi connectivity index (χ3v) is 2.30. The highest BCUT2D eigenvalue weighted by molar-refractivity contribution is 5.82. The zero-order chi connectivity index (χ0) is 9.68. The van der Waals surface area contributed by atoms with Gasteiger partial charge in [0, 0.05) is 13.0 Å². The monoisotopic (exact) mass is 186 g/mol. The average Bonchev–Trinajstić information content (AvgIpc) is 2.18. The molecule has 1 fully saturated rings. The summed E-state index contributed by atoms with van der Waals surface area (Å²) in [4.78, 5) is 11.2. The highest BCUT2D eigenvalue weighted by Gasteiger charge is 2.20. The van der Waals surface area contributed by atoms with Crippen LogP contribution in [0.1, 0.15) is 39.5 Å². The van der Waals surface area contributed by atoms with Gasteiger partial charge in [0.1, 0.15) is 6.10 Å². The van der Waals surface area contributed by atoms with Crippen molar-refractivity contribution in [2.75, 3.05) is 6.61 Å². The molecule has 2 atom stereocenters. The molecule has 1 aliphatic rings. The Kier molecular flexibility index (Phi) is 4.39. The van der Waals surface area contributed by atoms with Gasteiger partial charge in [0.15, 0.2) is 12.1 Å². The summed E-state index contributed by atoms with van der Waals surface area (Å²) in [5.41, 5.74) is 0. The SMILES string of the molecule is CCC(=O)[C@H](C)OC1CCCCO1. The standard InChI is InChI=1S/C10H18O3/c1-3-9(11)8(2)13-10-6-4-5-7-12-10/h8,10H,3-7H2,1-2H3/t8-,10?/m0/s1. The lowest BCUT2D eigenvalue weighted by Gasteiger charge is -2.25. The molecule has 76 valence electrons. The van der Waals surface area contributed by atoms with Crippen LogP contribution in [-0.2, 0) is 14.3 Å². The maximum Gasteiger partial charge on any atom is 0.161 e. The number of ether oxygens (including phenoxy) is 2. The Hall–Kier alpha value is -0.410. The van der Waals surface area contributed by atoms with Crippen molar-refractivity contribution in [1.82, 2.24) is 0 Å². The molecule has 0 spiro atoms. The number of hydrogen-bond acceptors (Lipinski definition) is 3. The summed E-state index contributed by atoms with van der Waals surface area (Å²) >= 11 is 0. The van der Waals surface area contributed by atoms with E-state index in [1.165, 1.54) is 0 Å². The van der Waals surface area contributed by atoms with Gasteiger partial charge in [0.05, 0.1) is 0 Å². The molecule has 0 aromatic carbocycles. The Labute approximate surface area is 79.4 Å². The van der Waals surface area contributed by atoms with Crippen LogP contribution in [0.5, 0.6) is 0 Å². The van der Waals surface area contributed by atoms with E-state index >= 15 is 0 Å². The van der Waals surface area contributed by atoms with Crippen LogP contribution in [0, 0.1) is 0 Å². The van der Waals surface area contributed by atoms with E-state index in [2.05, 4.69) is 0 Å². The van der Waals surface area contributed by atoms with Crippen molar-refractivity contribution in [3.63, 3.8) is 0 Å². The minimum absolute atomic E-state index is 0.147. The van der Waals surface area contributed by atoms with Gasteiger partial charge >= 0.3 is 0 Å². The van der Waals surface area contributed by atoms with E-state index in [-0.39, 0.29) is 18.2 Å². The van der Waals surface area contributed by atoms with Crippen molar-refractivity contribution in [1.29, 1.82) is 0 Å². The fraction of sp³-hybridized carbons (Fsp3) is 0.900. The van der Waals surface area contributed by atoms with E-state index in [1.54, 1.807) is 6.92 Å². The summed E-state index contributed by atoms with van der Waals surface area (Å²) in [6.45, 7) is 4.41. The minimum Gasteiger partial charge on any atom is -0.353 e. The molecule has 1 aliphatic heterocycles. The van der Waals surface area contributed by atoms with Crippen molar-refractivity contribution in [2.45, 2.75) is 51.9 Å². The molecule has 0 aromatic rings. The van der Waals surface area contributed by atoms with Gasteiger partial charge in [0.25, 0.3) is 0 Å². The number of ketones is 1. The molecule has 1 unspecified atom stereocenters. The van der Waals surface area contributed by atoms with Crippen LogP contribution in [0.2, 0.25) is 0 Å². The Morgan fingerprint density at radius 2 is 2.38 bits per heavy atom. The number of hydrogen-bond donors (Lipinski definition) is 0. The molecule has 0 aliphatic carbocycles. The van der Waals surface area contributed by atoms with Crippen molar-refractivity contribution < 1.29 is 14.3 Å². The number of carbonyl (C=O) groups excluding carboxylic acids is 1. The predicted molar refractivity (Wildman–Crippen MR) is 49.4 cm³/mol. The molecule has 1 heterocycles. The zero-order valence-corrected chi connectivity index (χ0v) is 8.41. The van der Waals surface area contributed by atoms with Crippen molar-refractivity contribution in [3.8, 4) is 0 Å². The number of carbonyl (C=O) groups is 1.